The molecular weight excluding hydrogens is 327 g/mol. The SMILES string of the molecule is C/C(Cc1ccccc1)=C(\I)C1CCC(=O)O1. The monoisotopic (exact) mass is 342 g/mol. The molecule has 3 heteroatoms. The van der Waals surface area contributed by atoms with Gasteiger partial charge in [0.25, 0.3) is 0 Å². The number of rotatable bonds is 3. The Morgan fingerprint density at radius 1 is 1.41 bits per heavy atom. The highest BCUT2D eigenvalue weighted by Gasteiger charge is 2.26. The molecule has 1 aliphatic rings. The summed E-state index contributed by atoms with van der Waals surface area (Å²) in [5, 5.41) is 0. The Labute approximate surface area is 115 Å². The molecule has 0 bridgehead atoms. The lowest BCUT2D eigenvalue weighted by Crippen LogP contribution is -2.08. The van der Waals surface area contributed by atoms with E-state index in [2.05, 4.69) is 41.6 Å². The van der Waals surface area contributed by atoms with Crippen LogP contribution in [0, 0.1) is 0 Å². The topological polar surface area (TPSA) is 26.3 Å². The van der Waals surface area contributed by atoms with Crippen LogP contribution in [-0.4, -0.2) is 12.1 Å². The zero-order valence-corrected chi connectivity index (χ0v) is 11.9. The fraction of sp³-hybridized carbons (Fsp3) is 0.357. The van der Waals surface area contributed by atoms with Gasteiger partial charge in [-0.1, -0.05) is 35.9 Å². The number of carbonyl (C=O) groups is 1. The Morgan fingerprint density at radius 3 is 2.71 bits per heavy atom. The van der Waals surface area contributed by atoms with E-state index in [0.717, 1.165) is 12.8 Å². The molecule has 1 atom stereocenters. The first-order valence-corrected chi connectivity index (χ1v) is 6.83. The van der Waals surface area contributed by atoms with Crippen molar-refractivity contribution >= 4 is 28.6 Å². The summed E-state index contributed by atoms with van der Waals surface area (Å²) in [6.45, 7) is 2.11. The highest BCUT2D eigenvalue weighted by atomic mass is 127. The first-order valence-electron chi connectivity index (χ1n) is 5.75. The van der Waals surface area contributed by atoms with Gasteiger partial charge in [-0.25, -0.2) is 0 Å². The Bertz CT molecular complexity index is 437. The van der Waals surface area contributed by atoms with Crippen LogP contribution in [0.2, 0.25) is 0 Å². The number of hydrogen-bond donors (Lipinski definition) is 0. The van der Waals surface area contributed by atoms with Gasteiger partial charge in [0.2, 0.25) is 0 Å². The van der Waals surface area contributed by atoms with Crippen LogP contribution in [0.4, 0.5) is 0 Å². The van der Waals surface area contributed by atoms with Crippen molar-refractivity contribution in [2.45, 2.75) is 32.3 Å². The van der Waals surface area contributed by atoms with E-state index in [1.807, 2.05) is 18.2 Å². The van der Waals surface area contributed by atoms with Gasteiger partial charge in [-0.3, -0.25) is 4.79 Å². The lowest BCUT2D eigenvalue weighted by molar-refractivity contribution is -0.140. The summed E-state index contributed by atoms with van der Waals surface area (Å²) in [7, 11) is 0. The smallest absolute Gasteiger partial charge is 0.306 e. The fourth-order valence-electron chi connectivity index (χ4n) is 1.97. The first kappa shape index (κ1) is 12.6. The second-order valence-corrected chi connectivity index (χ2v) is 5.47. The van der Waals surface area contributed by atoms with E-state index in [1.165, 1.54) is 14.7 Å². The van der Waals surface area contributed by atoms with Gasteiger partial charge in [-0.05, 0) is 47.9 Å². The Balaban J connectivity index is 2.07. The summed E-state index contributed by atoms with van der Waals surface area (Å²) in [5.41, 5.74) is 2.58. The minimum absolute atomic E-state index is 0.00758. The van der Waals surface area contributed by atoms with E-state index in [1.54, 1.807) is 0 Å². The molecule has 17 heavy (non-hydrogen) atoms. The molecular formula is C14H15IO2. The lowest BCUT2D eigenvalue weighted by atomic mass is 10.0. The van der Waals surface area contributed by atoms with Crippen LogP contribution in [0.3, 0.4) is 0 Å². The van der Waals surface area contributed by atoms with Crippen LogP contribution in [0.1, 0.15) is 25.3 Å². The van der Waals surface area contributed by atoms with Crippen LogP contribution in [0.5, 0.6) is 0 Å². The van der Waals surface area contributed by atoms with Crippen molar-refractivity contribution in [1.29, 1.82) is 0 Å². The first-order chi connectivity index (χ1) is 8.16. The maximum Gasteiger partial charge on any atom is 0.306 e. The third kappa shape index (κ3) is 3.31. The lowest BCUT2D eigenvalue weighted by Gasteiger charge is -2.12. The molecule has 0 aliphatic carbocycles. The van der Waals surface area contributed by atoms with Crippen LogP contribution in [-0.2, 0) is 16.0 Å². The molecule has 1 aromatic carbocycles. The van der Waals surface area contributed by atoms with E-state index in [9.17, 15) is 4.79 Å². The van der Waals surface area contributed by atoms with Crippen molar-refractivity contribution in [2.24, 2.45) is 0 Å². The van der Waals surface area contributed by atoms with Gasteiger partial charge in [0.1, 0.15) is 6.10 Å². The van der Waals surface area contributed by atoms with E-state index >= 15 is 0 Å². The molecule has 1 aliphatic heterocycles. The molecule has 0 aromatic heterocycles. The maximum absolute atomic E-state index is 11.1. The average Bonchev–Trinajstić information content (AvgIpc) is 2.76. The number of halogens is 1. The minimum Gasteiger partial charge on any atom is -0.457 e. The molecule has 1 aromatic rings. The van der Waals surface area contributed by atoms with Gasteiger partial charge in [0, 0.05) is 10.0 Å². The largest absolute Gasteiger partial charge is 0.457 e. The standard InChI is InChI=1S/C14H15IO2/c1-10(9-11-5-3-2-4-6-11)14(15)12-7-8-13(16)17-12/h2-6,12H,7-9H2,1H3/b14-10+. The van der Waals surface area contributed by atoms with Crippen molar-refractivity contribution < 1.29 is 9.53 Å². The van der Waals surface area contributed by atoms with Gasteiger partial charge in [0.05, 0.1) is 0 Å². The quantitative estimate of drug-likeness (QED) is 0.619. The number of carbonyl (C=O) groups excluding carboxylic acids is 1. The zero-order valence-electron chi connectivity index (χ0n) is 9.78. The molecule has 0 amide bonds. The summed E-state index contributed by atoms with van der Waals surface area (Å²) in [5.74, 6) is -0.0725. The third-order valence-corrected chi connectivity index (χ3v) is 4.50. The highest BCUT2D eigenvalue weighted by Crippen LogP contribution is 2.29. The molecule has 1 heterocycles. The summed E-state index contributed by atoms with van der Waals surface area (Å²) >= 11 is 2.31. The predicted octanol–water partition coefficient (Wildman–Crippen LogP) is 3.64. The van der Waals surface area contributed by atoms with Crippen molar-refractivity contribution in [3.63, 3.8) is 0 Å². The molecule has 1 unspecified atom stereocenters. The molecule has 2 nitrogen and oxygen atoms in total. The number of cyclic esters (lactones) is 1. The molecule has 1 fully saturated rings. The summed E-state index contributed by atoms with van der Waals surface area (Å²) < 4.78 is 6.46. The van der Waals surface area contributed by atoms with E-state index in [0.29, 0.717) is 6.42 Å². The van der Waals surface area contributed by atoms with Gasteiger partial charge in [0.15, 0.2) is 0 Å². The number of esters is 1. The van der Waals surface area contributed by atoms with Gasteiger partial charge >= 0.3 is 5.97 Å². The molecule has 1 saturated heterocycles. The van der Waals surface area contributed by atoms with Crippen molar-refractivity contribution in [1.82, 2.24) is 0 Å². The normalized spacial score (nSPS) is 21.1. The highest BCUT2D eigenvalue weighted by molar-refractivity contribution is 14.1. The molecule has 0 radical (unpaired) electrons. The van der Waals surface area contributed by atoms with Crippen molar-refractivity contribution in [3.8, 4) is 0 Å². The predicted molar refractivity (Wildman–Crippen MR) is 76.0 cm³/mol. The van der Waals surface area contributed by atoms with Crippen LogP contribution < -0.4 is 0 Å². The van der Waals surface area contributed by atoms with Crippen molar-refractivity contribution in [3.05, 3.63) is 45.0 Å². The van der Waals surface area contributed by atoms with Gasteiger partial charge in [-0.15, -0.1) is 0 Å². The van der Waals surface area contributed by atoms with Crippen LogP contribution in [0.25, 0.3) is 0 Å². The molecule has 0 saturated carbocycles. The van der Waals surface area contributed by atoms with Gasteiger partial charge in [-0.2, -0.15) is 0 Å². The van der Waals surface area contributed by atoms with E-state index in [4.69, 9.17) is 4.74 Å². The maximum atomic E-state index is 11.1. The number of hydrogen-bond acceptors (Lipinski definition) is 2. The molecule has 0 spiro atoms. The molecule has 90 valence electrons. The summed E-state index contributed by atoms with van der Waals surface area (Å²) in [4.78, 5) is 11.1. The van der Waals surface area contributed by atoms with Gasteiger partial charge < -0.3 is 4.74 Å². The van der Waals surface area contributed by atoms with Crippen LogP contribution in [0.15, 0.2) is 39.5 Å². The molecule has 2 rings (SSSR count). The Hall–Kier alpha value is -0.840. The van der Waals surface area contributed by atoms with E-state index in [-0.39, 0.29) is 12.1 Å². The number of allylic oxidation sites excluding steroid dienone is 1. The molecule has 0 N–H and O–H groups in total. The Morgan fingerprint density at radius 2 is 2.12 bits per heavy atom. The summed E-state index contributed by atoms with van der Waals surface area (Å²) in [6.07, 6.45) is 2.29. The summed E-state index contributed by atoms with van der Waals surface area (Å²) in [6, 6.07) is 10.4. The Kier molecular flexibility index (Phi) is 4.20. The number of ether oxygens (including phenoxy) is 1. The van der Waals surface area contributed by atoms with E-state index < -0.39 is 0 Å². The second kappa shape index (κ2) is 5.67. The number of benzene rings is 1. The fourth-order valence-corrected chi connectivity index (χ4v) is 2.59. The van der Waals surface area contributed by atoms with Crippen LogP contribution >= 0.6 is 22.6 Å². The third-order valence-electron chi connectivity index (χ3n) is 2.89. The second-order valence-electron chi connectivity index (χ2n) is 4.31. The van der Waals surface area contributed by atoms with Crippen molar-refractivity contribution in [2.75, 3.05) is 0 Å². The zero-order chi connectivity index (χ0) is 12.3. The average molecular weight is 342 g/mol. The minimum atomic E-state index is -0.0725.